The Morgan fingerprint density at radius 3 is 2.45 bits per heavy atom. The highest BCUT2D eigenvalue weighted by Gasteiger charge is 2.07. The molecule has 20 heavy (non-hydrogen) atoms. The summed E-state index contributed by atoms with van der Waals surface area (Å²) in [5, 5.41) is 6.61. The van der Waals surface area contributed by atoms with Crippen molar-refractivity contribution in [3.63, 3.8) is 0 Å². The van der Waals surface area contributed by atoms with Crippen LogP contribution in [-0.4, -0.2) is 23.1 Å². The van der Waals surface area contributed by atoms with Gasteiger partial charge in [-0.25, -0.2) is 9.97 Å². The molecule has 4 nitrogen and oxygen atoms in total. The lowest BCUT2D eigenvalue weighted by atomic mass is 10.1. The Hall–Kier alpha value is -1.32. The van der Waals surface area contributed by atoms with Crippen molar-refractivity contribution in [1.82, 2.24) is 9.97 Å². The molecule has 1 aromatic heterocycles. The van der Waals surface area contributed by atoms with Gasteiger partial charge in [0, 0.05) is 25.6 Å². The van der Waals surface area contributed by atoms with Crippen molar-refractivity contribution in [2.75, 3.05) is 17.7 Å². The second-order valence-corrected chi connectivity index (χ2v) is 5.45. The zero-order chi connectivity index (χ0) is 14.8. The fourth-order valence-corrected chi connectivity index (χ4v) is 2.24. The van der Waals surface area contributed by atoms with Crippen molar-refractivity contribution in [3.05, 3.63) is 11.9 Å². The molecule has 0 aliphatic carbocycles. The standard InChI is InChI=1S/C16H30N4/c1-5-7-8-9-11-13(3)18-16-12-15(17-4)19-14(20-16)10-6-2/h12-13H,5-11H2,1-4H3,(H2,17,18,19,20). The minimum Gasteiger partial charge on any atom is -0.373 e. The van der Waals surface area contributed by atoms with Crippen molar-refractivity contribution in [3.8, 4) is 0 Å². The summed E-state index contributed by atoms with van der Waals surface area (Å²) in [6, 6.07) is 2.45. The number of hydrogen-bond donors (Lipinski definition) is 2. The SMILES string of the molecule is CCCCCCC(C)Nc1cc(NC)nc(CCC)n1. The summed E-state index contributed by atoms with van der Waals surface area (Å²) < 4.78 is 0. The molecule has 0 amide bonds. The topological polar surface area (TPSA) is 49.8 Å². The summed E-state index contributed by atoms with van der Waals surface area (Å²) in [5.41, 5.74) is 0. The van der Waals surface area contributed by atoms with Crippen LogP contribution in [0.1, 0.15) is 65.1 Å². The predicted molar refractivity (Wildman–Crippen MR) is 87.4 cm³/mol. The first kappa shape index (κ1) is 16.7. The van der Waals surface area contributed by atoms with E-state index in [2.05, 4.69) is 41.4 Å². The molecule has 0 fully saturated rings. The van der Waals surface area contributed by atoms with Crippen LogP contribution in [0, 0.1) is 0 Å². The highest BCUT2D eigenvalue weighted by molar-refractivity contribution is 5.47. The Morgan fingerprint density at radius 1 is 1.05 bits per heavy atom. The van der Waals surface area contributed by atoms with Crippen LogP contribution < -0.4 is 10.6 Å². The average molecular weight is 278 g/mol. The van der Waals surface area contributed by atoms with E-state index in [1.807, 2.05) is 13.1 Å². The third-order valence-electron chi connectivity index (χ3n) is 3.39. The highest BCUT2D eigenvalue weighted by Crippen LogP contribution is 2.15. The van der Waals surface area contributed by atoms with E-state index in [1.165, 1.54) is 32.1 Å². The van der Waals surface area contributed by atoms with Gasteiger partial charge in [-0.05, 0) is 19.8 Å². The Bertz CT molecular complexity index is 379. The molecule has 1 rings (SSSR count). The van der Waals surface area contributed by atoms with Gasteiger partial charge in [-0.15, -0.1) is 0 Å². The van der Waals surface area contributed by atoms with E-state index in [-0.39, 0.29) is 0 Å². The number of rotatable bonds is 10. The Morgan fingerprint density at radius 2 is 1.80 bits per heavy atom. The Balaban J connectivity index is 2.54. The summed E-state index contributed by atoms with van der Waals surface area (Å²) in [6.07, 6.45) is 8.43. The van der Waals surface area contributed by atoms with Crippen LogP contribution in [0.15, 0.2) is 6.07 Å². The molecular formula is C16H30N4. The molecular weight excluding hydrogens is 248 g/mol. The number of anilines is 2. The lowest BCUT2D eigenvalue weighted by Gasteiger charge is -2.15. The molecule has 1 atom stereocenters. The van der Waals surface area contributed by atoms with E-state index in [4.69, 9.17) is 0 Å². The number of hydrogen-bond acceptors (Lipinski definition) is 4. The zero-order valence-corrected chi connectivity index (χ0v) is 13.5. The van der Waals surface area contributed by atoms with Gasteiger partial charge in [0.05, 0.1) is 0 Å². The van der Waals surface area contributed by atoms with Crippen molar-refractivity contribution < 1.29 is 0 Å². The molecule has 0 aliphatic rings. The summed E-state index contributed by atoms with van der Waals surface area (Å²) in [4.78, 5) is 9.07. The van der Waals surface area contributed by atoms with E-state index in [9.17, 15) is 0 Å². The monoisotopic (exact) mass is 278 g/mol. The van der Waals surface area contributed by atoms with Gasteiger partial charge in [-0.1, -0.05) is 39.5 Å². The van der Waals surface area contributed by atoms with Crippen LogP contribution in [0.5, 0.6) is 0 Å². The maximum absolute atomic E-state index is 4.59. The second kappa shape index (κ2) is 9.56. The van der Waals surface area contributed by atoms with Crippen LogP contribution >= 0.6 is 0 Å². The lowest BCUT2D eigenvalue weighted by molar-refractivity contribution is 0.592. The first-order chi connectivity index (χ1) is 9.69. The van der Waals surface area contributed by atoms with E-state index in [0.29, 0.717) is 6.04 Å². The molecule has 1 aromatic rings. The average Bonchev–Trinajstić information content (AvgIpc) is 2.43. The third-order valence-corrected chi connectivity index (χ3v) is 3.39. The maximum Gasteiger partial charge on any atom is 0.133 e. The number of nitrogens with one attached hydrogen (secondary N) is 2. The lowest BCUT2D eigenvalue weighted by Crippen LogP contribution is -2.17. The largest absolute Gasteiger partial charge is 0.373 e. The van der Waals surface area contributed by atoms with Gasteiger partial charge >= 0.3 is 0 Å². The van der Waals surface area contributed by atoms with Crippen LogP contribution in [0.2, 0.25) is 0 Å². The Kier molecular flexibility index (Phi) is 8.00. The summed E-state index contributed by atoms with van der Waals surface area (Å²) >= 11 is 0. The number of nitrogens with zero attached hydrogens (tertiary/aromatic N) is 2. The molecule has 0 saturated heterocycles. The Labute approximate surface area is 123 Å². The maximum atomic E-state index is 4.59. The first-order valence-corrected chi connectivity index (χ1v) is 8.01. The molecule has 4 heteroatoms. The minimum absolute atomic E-state index is 0.459. The summed E-state index contributed by atoms with van der Waals surface area (Å²) in [7, 11) is 1.90. The van der Waals surface area contributed by atoms with E-state index < -0.39 is 0 Å². The van der Waals surface area contributed by atoms with Crippen LogP contribution in [-0.2, 0) is 6.42 Å². The molecule has 0 saturated carbocycles. The smallest absolute Gasteiger partial charge is 0.133 e. The summed E-state index contributed by atoms with van der Waals surface area (Å²) in [6.45, 7) is 6.63. The van der Waals surface area contributed by atoms with Gasteiger partial charge in [0.2, 0.25) is 0 Å². The minimum atomic E-state index is 0.459. The molecule has 0 bridgehead atoms. The third kappa shape index (κ3) is 6.22. The van der Waals surface area contributed by atoms with Crippen molar-refractivity contribution in [2.24, 2.45) is 0 Å². The van der Waals surface area contributed by atoms with Gasteiger partial charge in [-0.3, -0.25) is 0 Å². The van der Waals surface area contributed by atoms with Crippen molar-refractivity contribution in [2.45, 2.75) is 71.8 Å². The van der Waals surface area contributed by atoms with E-state index in [1.54, 1.807) is 0 Å². The van der Waals surface area contributed by atoms with Gasteiger partial charge < -0.3 is 10.6 Å². The fourth-order valence-electron chi connectivity index (χ4n) is 2.24. The highest BCUT2D eigenvalue weighted by atomic mass is 15.1. The molecule has 114 valence electrons. The van der Waals surface area contributed by atoms with E-state index in [0.717, 1.165) is 30.3 Å². The van der Waals surface area contributed by atoms with Crippen molar-refractivity contribution in [1.29, 1.82) is 0 Å². The molecule has 0 aliphatic heterocycles. The molecule has 0 aromatic carbocycles. The fraction of sp³-hybridized carbons (Fsp3) is 0.750. The number of aromatic nitrogens is 2. The second-order valence-electron chi connectivity index (χ2n) is 5.45. The molecule has 1 heterocycles. The van der Waals surface area contributed by atoms with Crippen molar-refractivity contribution >= 4 is 11.6 Å². The van der Waals surface area contributed by atoms with Gasteiger partial charge in [0.1, 0.15) is 17.5 Å². The number of unbranched alkanes of at least 4 members (excludes halogenated alkanes) is 3. The van der Waals surface area contributed by atoms with Crippen LogP contribution in [0.25, 0.3) is 0 Å². The molecule has 1 unspecified atom stereocenters. The van der Waals surface area contributed by atoms with Gasteiger partial charge in [-0.2, -0.15) is 0 Å². The van der Waals surface area contributed by atoms with Gasteiger partial charge in [0.25, 0.3) is 0 Å². The zero-order valence-electron chi connectivity index (χ0n) is 13.5. The number of aryl methyl sites for hydroxylation is 1. The molecule has 0 spiro atoms. The van der Waals surface area contributed by atoms with Gasteiger partial charge in [0.15, 0.2) is 0 Å². The quantitative estimate of drug-likeness (QED) is 0.628. The molecule has 0 radical (unpaired) electrons. The van der Waals surface area contributed by atoms with Crippen LogP contribution in [0.3, 0.4) is 0 Å². The first-order valence-electron chi connectivity index (χ1n) is 8.01. The van der Waals surface area contributed by atoms with E-state index >= 15 is 0 Å². The van der Waals surface area contributed by atoms with Crippen LogP contribution in [0.4, 0.5) is 11.6 Å². The summed E-state index contributed by atoms with van der Waals surface area (Å²) in [5.74, 6) is 2.75. The normalized spacial score (nSPS) is 12.2. The predicted octanol–water partition coefficient (Wildman–Crippen LogP) is 4.24. The molecule has 2 N–H and O–H groups in total.